The van der Waals surface area contributed by atoms with Crippen LogP contribution in [0.15, 0.2) is 34.9 Å². The Bertz CT molecular complexity index is 498. The van der Waals surface area contributed by atoms with Crippen molar-refractivity contribution >= 4 is 11.8 Å². The van der Waals surface area contributed by atoms with Crippen molar-refractivity contribution in [2.45, 2.75) is 30.8 Å². The molecule has 5 heteroatoms. The minimum atomic E-state index is -0.0218. The Morgan fingerprint density at radius 3 is 2.63 bits per heavy atom. The van der Waals surface area contributed by atoms with Crippen LogP contribution >= 0.6 is 11.8 Å². The fourth-order valence-electron chi connectivity index (χ4n) is 1.77. The summed E-state index contributed by atoms with van der Waals surface area (Å²) in [4.78, 5) is 4.45. The highest BCUT2D eigenvalue weighted by Gasteiger charge is 2.19. The first kappa shape index (κ1) is 14.1. The third kappa shape index (κ3) is 3.81. The number of rotatable bonds is 6. The van der Waals surface area contributed by atoms with Gasteiger partial charge in [-0.15, -0.1) is 0 Å². The zero-order chi connectivity index (χ0) is 13.7. The highest BCUT2D eigenvalue weighted by Crippen LogP contribution is 2.23. The van der Waals surface area contributed by atoms with Crippen molar-refractivity contribution in [2.24, 2.45) is 5.73 Å². The molecule has 0 aliphatic heterocycles. The topological polar surface area (TPSA) is 64.9 Å². The molecule has 0 spiro atoms. The van der Waals surface area contributed by atoms with Crippen LogP contribution in [0.1, 0.15) is 37.0 Å². The van der Waals surface area contributed by atoms with Gasteiger partial charge in [0.25, 0.3) is 0 Å². The van der Waals surface area contributed by atoms with Gasteiger partial charge in [-0.2, -0.15) is 16.7 Å². The lowest BCUT2D eigenvalue weighted by atomic mass is 9.99. The van der Waals surface area contributed by atoms with Crippen molar-refractivity contribution in [3.05, 3.63) is 47.6 Å². The van der Waals surface area contributed by atoms with Gasteiger partial charge in [0, 0.05) is 6.54 Å². The van der Waals surface area contributed by atoms with Gasteiger partial charge in [-0.05, 0) is 10.8 Å². The Morgan fingerprint density at radius 2 is 2.00 bits per heavy atom. The van der Waals surface area contributed by atoms with Gasteiger partial charge in [-0.3, -0.25) is 0 Å². The average Bonchev–Trinajstić information content (AvgIpc) is 2.87. The highest BCUT2D eigenvalue weighted by atomic mass is 32.2. The van der Waals surface area contributed by atoms with Gasteiger partial charge in [0.2, 0.25) is 5.89 Å². The van der Waals surface area contributed by atoms with Crippen molar-refractivity contribution in [3.8, 4) is 0 Å². The number of benzene rings is 1. The first-order chi connectivity index (χ1) is 9.20. The second kappa shape index (κ2) is 6.73. The van der Waals surface area contributed by atoms with Crippen molar-refractivity contribution in [1.82, 2.24) is 10.1 Å². The van der Waals surface area contributed by atoms with Crippen LogP contribution in [-0.4, -0.2) is 21.9 Å². The zero-order valence-electron chi connectivity index (χ0n) is 11.2. The Hall–Kier alpha value is -1.33. The number of hydrogen-bond acceptors (Lipinski definition) is 5. The first-order valence-corrected chi connectivity index (χ1v) is 7.44. The van der Waals surface area contributed by atoms with Crippen LogP contribution in [0.25, 0.3) is 0 Å². The zero-order valence-corrected chi connectivity index (χ0v) is 12.1. The number of thioether (sulfide) groups is 1. The summed E-state index contributed by atoms with van der Waals surface area (Å²) in [6, 6.07) is 10.0. The van der Waals surface area contributed by atoms with Gasteiger partial charge in [0.15, 0.2) is 5.82 Å². The van der Waals surface area contributed by atoms with E-state index < -0.39 is 0 Å². The fourth-order valence-corrected chi connectivity index (χ4v) is 2.37. The fraction of sp³-hybridized carbons (Fsp3) is 0.429. The van der Waals surface area contributed by atoms with Gasteiger partial charge < -0.3 is 10.3 Å². The molecule has 0 fully saturated rings. The van der Waals surface area contributed by atoms with Crippen LogP contribution in [0.5, 0.6) is 0 Å². The molecule has 0 aliphatic rings. The van der Waals surface area contributed by atoms with E-state index in [1.165, 1.54) is 0 Å². The average molecular weight is 277 g/mol. The lowest BCUT2D eigenvalue weighted by Gasteiger charge is -2.09. The molecule has 0 bridgehead atoms. The minimum Gasteiger partial charge on any atom is -0.339 e. The van der Waals surface area contributed by atoms with Gasteiger partial charge >= 0.3 is 0 Å². The maximum absolute atomic E-state index is 5.84. The van der Waals surface area contributed by atoms with Gasteiger partial charge in [-0.1, -0.05) is 49.3 Å². The highest BCUT2D eigenvalue weighted by molar-refractivity contribution is 7.99. The van der Waals surface area contributed by atoms with E-state index in [9.17, 15) is 0 Å². The molecule has 1 atom stereocenters. The summed E-state index contributed by atoms with van der Waals surface area (Å²) >= 11 is 1.80. The van der Waals surface area contributed by atoms with E-state index in [0.717, 1.165) is 17.1 Å². The molecule has 19 heavy (non-hydrogen) atoms. The van der Waals surface area contributed by atoms with Gasteiger partial charge in [0.05, 0.1) is 11.7 Å². The monoisotopic (exact) mass is 277 g/mol. The molecule has 1 unspecified atom stereocenters. The number of hydrogen-bond donors (Lipinski definition) is 1. The Morgan fingerprint density at radius 1 is 1.26 bits per heavy atom. The molecule has 0 saturated heterocycles. The van der Waals surface area contributed by atoms with Crippen LogP contribution in [0.4, 0.5) is 0 Å². The molecular formula is C14H19N3OS. The third-order valence-electron chi connectivity index (χ3n) is 2.77. The van der Waals surface area contributed by atoms with E-state index in [1.807, 2.05) is 30.3 Å². The van der Waals surface area contributed by atoms with E-state index in [0.29, 0.717) is 17.7 Å². The molecular weight excluding hydrogens is 258 g/mol. The molecule has 2 aromatic rings. The van der Waals surface area contributed by atoms with Crippen molar-refractivity contribution in [2.75, 3.05) is 6.54 Å². The largest absolute Gasteiger partial charge is 0.339 e. The van der Waals surface area contributed by atoms with Gasteiger partial charge in [0.1, 0.15) is 0 Å². The summed E-state index contributed by atoms with van der Waals surface area (Å²) in [5.41, 5.74) is 6.94. The molecule has 1 aromatic heterocycles. The summed E-state index contributed by atoms with van der Waals surface area (Å²) in [6.45, 7) is 4.76. The van der Waals surface area contributed by atoms with E-state index in [2.05, 4.69) is 24.0 Å². The maximum Gasteiger partial charge on any atom is 0.235 e. The summed E-state index contributed by atoms with van der Waals surface area (Å²) in [7, 11) is 0. The molecule has 2 rings (SSSR count). The lowest BCUT2D eigenvalue weighted by molar-refractivity contribution is 0.363. The lowest BCUT2D eigenvalue weighted by Crippen LogP contribution is -2.14. The second-order valence-electron chi connectivity index (χ2n) is 4.61. The van der Waals surface area contributed by atoms with E-state index >= 15 is 0 Å². The SMILES string of the molecule is CC(C)SCc1noc(C(CN)c2ccccc2)n1. The van der Waals surface area contributed by atoms with Crippen LogP contribution in [0.2, 0.25) is 0 Å². The van der Waals surface area contributed by atoms with E-state index in [1.54, 1.807) is 11.8 Å². The number of aromatic nitrogens is 2. The van der Waals surface area contributed by atoms with E-state index in [-0.39, 0.29) is 5.92 Å². The van der Waals surface area contributed by atoms with Crippen molar-refractivity contribution < 1.29 is 4.52 Å². The molecule has 0 radical (unpaired) electrons. The van der Waals surface area contributed by atoms with Crippen molar-refractivity contribution in [3.63, 3.8) is 0 Å². The second-order valence-corrected chi connectivity index (χ2v) is 6.17. The van der Waals surface area contributed by atoms with Crippen LogP contribution in [0, 0.1) is 0 Å². The Balaban J connectivity index is 2.12. The normalized spacial score (nSPS) is 12.8. The van der Waals surface area contributed by atoms with Gasteiger partial charge in [-0.25, -0.2) is 0 Å². The molecule has 102 valence electrons. The van der Waals surface area contributed by atoms with Crippen molar-refractivity contribution in [1.29, 1.82) is 0 Å². The summed E-state index contributed by atoms with van der Waals surface area (Å²) in [5, 5.41) is 4.58. The molecule has 1 heterocycles. The molecule has 0 saturated carbocycles. The summed E-state index contributed by atoms with van der Waals surface area (Å²) in [5.74, 6) is 2.09. The smallest absolute Gasteiger partial charge is 0.235 e. The predicted molar refractivity (Wildman–Crippen MR) is 78.1 cm³/mol. The standard InChI is InChI=1S/C14H19N3OS/c1-10(2)19-9-13-16-14(18-17-13)12(8-15)11-6-4-3-5-7-11/h3-7,10,12H,8-9,15H2,1-2H3. The number of nitrogens with zero attached hydrogens (tertiary/aromatic N) is 2. The molecule has 1 aromatic carbocycles. The maximum atomic E-state index is 5.84. The Kier molecular flexibility index (Phi) is 4.99. The predicted octanol–water partition coefficient (Wildman–Crippen LogP) is 2.80. The summed E-state index contributed by atoms with van der Waals surface area (Å²) in [6.07, 6.45) is 0. The molecule has 2 N–H and O–H groups in total. The minimum absolute atomic E-state index is 0.0218. The third-order valence-corrected chi connectivity index (χ3v) is 3.86. The molecule has 4 nitrogen and oxygen atoms in total. The number of nitrogens with two attached hydrogens (primary N) is 1. The van der Waals surface area contributed by atoms with Crippen LogP contribution in [-0.2, 0) is 5.75 Å². The quantitative estimate of drug-likeness (QED) is 0.879. The Labute approximate surface area is 117 Å². The molecule has 0 aliphatic carbocycles. The van der Waals surface area contributed by atoms with Crippen LogP contribution in [0.3, 0.4) is 0 Å². The van der Waals surface area contributed by atoms with E-state index in [4.69, 9.17) is 10.3 Å². The molecule has 0 amide bonds. The summed E-state index contributed by atoms with van der Waals surface area (Å²) < 4.78 is 5.35. The van der Waals surface area contributed by atoms with Crippen LogP contribution < -0.4 is 5.73 Å². The first-order valence-electron chi connectivity index (χ1n) is 6.39.